The van der Waals surface area contributed by atoms with E-state index >= 15 is 0 Å². The summed E-state index contributed by atoms with van der Waals surface area (Å²) < 4.78 is 13.9. The van der Waals surface area contributed by atoms with E-state index < -0.39 is 0 Å². The average molecular weight is 274 g/mol. The van der Waals surface area contributed by atoms with Crippen molar-refractivity contribution in [3.63, 3.8) is 0 Å². The van der Waals surface area contributed by atoms with E-state index in [1.807, 2.05) is 6.07 Å². The van der Waals surface area contributed by atoms with E-state index in [4.69, 9.17) is 5.73 Å². The topological polar surface area (TPSA) is 26.0 Å². The predicted molar refractivity (Wildman–Crippen MR) is 65.2 cm³/mol. The van der Waals surface area contributed by atoms with Crippen molar-refractivity contribution in [2.45, 2.75) is 32.7 Å². The van der Waals surface area contributed by atoms with Gasteiger partial charge < -0.3 is 5.73 Å². The van der Waals surface area contributed by atoms with Gasteiger partial charge >= 0.3 is 0 Å². The summed E-state index contributed by atoms with van der Waals surface area (Å²) in [7, 11) is 0. The molecule has 0 amide bonds. The van der Waals surface area contributed by atoms with E-state index in [-0.39, 0.29) is 11.9 Å². The molecule has 1 rings (SSSR count). The van der Waals surface area contributed by atoms with Gasteiger partial charge in [0.2, 0.25) is 0 Å². The van der Waals surface area contributed by atoms with Crippen molar-refractivity contribution in [1.29, 1.82) is 0 Å². The van der Waals surface area contributed by atoms with E-state index in [1.165, 1.54) is 6.07 Å². The maximum absolute atomic E-state index is 13.1. The van der Waals surface area contributed by atoms with Crippen molar-refractivity contribution in [3.05, 3.63) is 34.1 Å². The van der Waals surface area contributed by atoms with Crippen LogP contribution in [0.5, 0.6) is 0 Å². The molecule has 2 N–H and O–H groups in total. The fourth-order valence-electron chi connectivity index (χ4n) is 1.65. The first kappa shape index (κ1) is 12.7. The summed E-state index contributed by atoms with van der Waals surface area (Å²) in [4.78, 5) is 0. The van der Waals surface area contributed by atoms with Gasteiger partial charge in [0.1, 0.15) is 5.82 Å². The van der Waals surface area contributed by atoms with Crippen molar-refractivity contribution in [3.8, 4) is 0 Å². The van der Waals surface area contributed by atoms with Crippen molar-refractivity contribution >= 4 is 15.9 Å². The third kappa shape index (κ3) is 3.92. The third-order valence-electron chi connectivity index (χ3n) is 2.68. The number of benzene rings is 1. The van der Waals surface area contributed by atoms with Gasteiger partial charge in [-0.25, -0.2) is 4.39 Å². The molecule has 0 radical (unpaired) electrons. The molecule has 1 aromatic rings. The molecule has 2 atom stereocenters. The molecule has 0 saturated carbocycles. The minimum absolute atomic E-state index is 0.187. The van der Waals surface area contributed by atoms with Crippen LogP contribution in [0.15, 0.2) is 22.7 Å². The molecule has 0 fully saturated rings. The van der Waals surface area contributed by atoms with Crippen LogP contribution in [-0.2, 0) is 6.42 Å². The molecule has 1 aromatic carbocycles. The predicted octanol–water partition coefficient (Wildman–Crippen LogP) is 3.50. The second kappa shape index (κ2) is 5.61. The molecule has 0 bridgehead atoms. The van der Waals surface area contributed by atoms with Crippen LogP contribution < -0.4 is 5.73 Å². The molecular weight excluding hydrogens is 257 g/mol. The number of rotatable bonds is 4. The highest BCUT2D eigenvalue weighted by Crippen LogP contribution is 2.19. The third-order valence-corrected chi connectivity index (χ3v) is 3.14. The molecule has 1 nitrogen and oxygen atoms in total. The highest BCUT2D eigenvalue weighted by atomic mass is 79.9. The number of hydrogen-bond acceptors (Lipinski definition) is 1. The Morgan fingerprint density at radius 3 is 2.60 bits per heavy atom. The van der Waals surface area contributed by atoms with Crippen molar-refractivity contribution in [2.24, 2.45) is 11.7 Å². The Labute approximate surface area is 99.0 Å². The largest absolute Gasteiger partial charge is 0.327 e. The summed E-state index contributed by atoms with van der Waals surface area (Å²) in [6.07, 6.45) is 1.78. The monoisotopic (exact) mass is 273 g/mol. The van der Waals surface area contributed by atoms with Gasteiger partial charge in [0.15, 0.2) is 0 Å². The van der Waals surface area contributed by atoms with Crippen LogP contribution in [-0.4, -0.2) is 6.04 Å². The van der Waals surface area contributed by atoms with Gasteiger partial charge in [-0.05, 0) is 42.5 Å². The second-order valence-corrected chi connectivity index (χ2v) is 4.95. The molecule has 3 heteroatoms. The Morgan fingerprint density at radius 1 is 1.40 bits per heavy atom. The fraction of sp³-hybridized carbons (Fsp3) is 0.500. The van der Waals surface area contributed by atoms with Crippen LogP contribution in [0.25, 0.3) is 0 Å². The smallest absolute Gasteiger partial charge is 0.124 e. The molecule has 0 aromatic heterocycles. The minimum Gasteiger partial charge on any atom is -0.327 e. The Morgan fingerprint density at radius 2 is 2.07 bits per heavy atom. The summed E-state index contributed by atoms with van der Waals surface area (Å²) in [6.45, 7) is 4.18. The van der Waals surface area contributed by atoms with Gasteiger partial charge in [-0.2, -0.15) is 0 Å². The normalized spacial score (nSPS) is 15.0. The van der Waals surface area contributed by atoms with Gasteiger partial charge in [0.05, 0.1) is 0 Å². The zero-order chi connectivity index (χ0) is 11.4. The molecule has 2 unspecified atom stereocenters. The highest BCUT2D eigenvalue weighted by molar-refractivity contribution is 9.10. The Kier molecular flexibility index (Phi) is 4.74. The average Bonchev–Trinajstić information content (AvgIpc) is 2.14. The van der Waals surface area contributed by atoms with E-state index in [1.54, 1.807) is 6.07 Å². The van der Waals surface area contributed by atoms with E-state index in [0.29, 0.717) is 5.92 Å². The summed E-state index contributed by atoms with van der Waals surface area (Å²) in [5.41, 5.74) is 6.93. The summed E-state index contributed by atoms with van der Waals surface area (Å²) in [6, 6.07) is 5.17. The van der Waals surface area contributed by atoms with Crippen LogP contribution in [0.1, 0.15) is 25.8 Å². The minimum atomic E-state index is -0.198. The van der Waals surface area contributed by atoms with E-state index in [0.717, 1.165) is 22.9 Å². The summed E-state index contributed by atoms with van der Waals surface area (Å²) in [5.74, 6) is 0.181. The van der Waals surface area contributed by atoms with Crippen molar-refractivity contribution < 1.29 is 4.39 Å². The quantitative estimate of drug-likeness (QED) is 0.893. The zero-order valence-corrected chi connectivity index (χ0v) is 10.7. The molecule has 84 valence electrons. The van der Waals surface area contributed by atoms with Crippen molar-refractivity contribution in [1.82, 2.24) is 0 Å². The lowest BCUT2D eigenvalue weighted by Crippen LogP contribution is -2.28. The number of halogens is 2. The maximum atomic E-state index is 13.1. The molecule has 0 aliphatic heterocycles. The lowest BCUT2D eigenvalue weighted by molar-refractivity contribution is 0.441. The van der Waals surface area contributed by atoms with Gasteiger partial charge in [0, 0.05) is 10.5 Å². The maximum Gasteiger partial charge on any atom is 0.124 e. The molecule has 0 aliphatic carbocycles. The van der Waals surface area contributed by atoms with Gasteiger partial charge in [-0.3, -0.25) is 0 Å². The molecule has 0 spiro atoms. The van der Waals surface area contributed by atoms with Gasteiger partial charge in [0.25, 0.3) is 0 Å². The Hall–Kier alpha value is -0.410. The van der Waals surface area contributed by atoms with Crippen LogP contribution in [0.2, 0.25) is 0 Å². The fourth-order valence-corrected chi connectivity index (χ4v) is 2.17. The van der Waals surface area contributed by atoms with Crippen molar-refractivity contribution in [2.75, 3.05) is 0 Å². The lowest BCUT2D eigenvalue weighted by atomic mass is 9.93. The first-order valence-electron chi connectivity index (χ1n) is 5.23. The first-order chi connectivity index (χ1) is 7.02. The van der Waals surface area contributed by atoms with Crippen LogP contribution in [0, 0.1) is 11.7 Å². The van der Waals surface area contributed by atoms with Crippen LogP contribution in [0.3, 0.4) is 0 Å². The molecular formula is C12H17BrFN. The summed E-state index contributed by atoms with van der Waals surface area (Å²) in [5, 5.41) is 0. The molecule has 0 saturated heterocycles. The molecule has 15 heavy (non-hydrogen) atoms. The molecule has 0 heterocycles. The van der Waals surface area contributed by atoms with Gasteiger partial charge in [-0.15, -0.1) is 0 Å². The number of hydrogen-bond donors (Lipinski definition) is 1. The van der Waals surface area contributed by atoms with Crippen LogP contribution >= 0.6 is 15.9 Å². The summed E-state index contributed by atoms with van der Waals surface area (Å²) >= 11 is 3.29. The molecule has 0 aliphatic rings. The Balaban J connectivity index is 2.72. The van der Waals surface area contributed by atoms with Gasteiger partial charge in [-0.1, -0.05) is 29.8 Å². The Bertz CT molecular complexity index is 307. The van der Waals surface area contributed by atoms with E-state index in [9.17, 15) is 4.39 Å². The SMILES string of the molecule is CCC(N)C(C)Cc1cc(F)cc(Br)c1. The first-order valence-corrected chi connectivity index (χ1v) is 6.02. The zero-order valence-electron chi connectivity index (χ0n) is 9.13. The van der Waals surface area contributed by atoms with Crippen LogP contribution in [0.4, 0.5) is 4.39 Å². The second-order valence-electron chi connectivity index (χ2n) is 4.03. The standard InChI is InChI=1S/C12H17BrFN/c1-3-12(15)8(2)4-9-5-10(13)7-11(14)6-9/h5-8,12H,3-4,15H2,1-2H3. The highest BCUT2D eigenvalue weighted by Gasteiger charge is 2.12. The van der Waals surface area contributed by atoms with E-state index in [2.05, 4.69) is 29.8 Å². The number of nitrogens with two attached hydrogens (primary N) is 1. The lowest BCUT2D eigenvalue weighted by Gasteiger charge is -2.18.